The first-order chi connectivity index (χ1) is 28.1. The van der Waals surface area contributed by atoms with Crippen LogP contribution in [0.4, 0.5) is 10.9 Å². The van der Waals surface area contributed by atoms with E-state index < -0.39 is 5.97 Å². The van der Waals surface area contributed by atoms with E-state index in [2.05, 4.69) is 35.8 Å². The molecule has 308 valence electrons. The summed E-state index contributed by atoms with van der Waals surface area (Å²) in [5.74, 6) is -0.864. The number of benzene rings is 2. The minimum atomic E-state index is -1.10. The minimum absolute atomic E-state index is 0.00241. The number of amides is 2. The van der Waals surface area contributed by atoms with E-state index in [1.54, 1.807) is 6.20 Å². The average Bonchev–Trinajstić information content (AvgIpc) is 3.73. The van der Waals surface area contributed by atoms with Gasteiger partial charge in [0.1, 0.15) is 5.82 Å². The molecule has 0 radical (unpaired) electrons. The number of ether oxygens (including phenoxy) is 1. The highest BCUT2D eigenvalue weighted by molar-refractivity contribution is 7.22. The third-order valence-electron chi connectivity index (χ3n) is 13.5. The van der Waals surface area contributed by atoms with Crippen LogP contribution in [-0.4, -0.2) is 61.4 Å². The van der Waals surface area contributed by atoms with Gasteiger partial charge in [-0.15, -0.1) is 0 Å². The van der Waals surface area contributed by atoms with E-state index in [1.807, 2.05) is 66.4 Å². The van der Waals surface area contributed by atoms with Gasteiger partial charge in [0.2, 0.25) is 5.91 Å². The number of anilines is 2. The van der Waals surface area contributed by atoms with Crippen LogP contribution >= 0.6 is 11.3 Å². The number of thiazole rings is 1. The first kappa shape index (κ1) is 39.3. The fourth-order valence-electron chi connectivity index (χ4n) is 12.3. The van der Waals surface area contributed by atoms with Crippen molar-refractivity contribution in [1.29, 1.82) is 0 Å². The van der Waals surface area contributed by atoms with Crippen molar-refractivity contribution in [2.45, 2.75) is 104 Å². The van der Waals surface area contributed by atoms with E-state index in [4.69, 9.17) is 20.6 Å². The van der Waals surface area contributed by atoms with Crippen molar-refractivity contribution in [2.75, 3.05) is 23.4 Å². The van der Waals surface area contributed by atoms with Crippen LogP contribution in [0.5, 0.6) is 0 Å². The molecule has 10 rings (SSSR count). The Kier molecular flexibility index (Phi) is 9.70. The minimum Gasteiger partial charge on any atom is -0.476 e. The van der Waals surface area contributed by atoms with Gasteiger partial charge in [0.25, 0.3) is 5.91 Å². The van der Waals surface area contributed by atoms with Crippen molar-refractivity contribution in [3.05, 3.63) is 88.9 Å². The number of aromatic carboxylic acids is 1. The molecule has 12 nitrogen and oxygen atoms in total. The number of fused-ring (bicyclic) bond motifs is 2. The predicted octanol–water partition coefficient (Wildman–Crippen LogP) is 8.41. The first-order valence-electron chi connectivity index (χ1n) is 20.8. The summed E-state index contributed by atoms with van der Waals surface area (Å²) in [7, 11) is 0. The molecular weight excluding hydrogens is 763 g/mol. The van der Waals surface area contributed by atoms with Gasteiger partial charge in [-0.1, -0.05) is 56.4 Å². The van der Waals surface area contributed by atoms with E-state index in [-0.39, 0.29) is 45.3 Å². The van der Waals surface area contributed by atoms with Gasteiger partial charge in [0.15, 0.2) is 10.8 Å². The van der Waals surface area contributed by atoms with Gasteiger partial charge < -0.3 is 20.5 Å². The lowest BCUT2D eigenvalue weighted by atomic mass is 9.39. The largest absolute Gasteiger partial charge is 0.476 e. The number of para-hydroxylation sites is 1. The Bertz CT molecular complexity index is 2440. The zero-order valence-corrected chi connectivity index (χ0v) is 35.2. The first-order valence-corrected chi connectivity index (χ1v) is 21.7. The van der Waals surface area contributed by atoms with Crippen LogP contribution in [0.15, 0.2) is 60.8 Å². The number of aromatic nitrogens is 4. The molecule has 1 aliphatic heterocycles. The molecule has 3 atom stereocenters. The number of carbonyl (C=O) groups excluding carboxylic acids is 2. The van der Waals surface area contributed by atoms with Gasteiger partial charge in [-0.05, 0) is 122 Å². The van der Waals surface area contributed by atoms with Crippen molar-refractivity contribution >= 4 is 50.3 Å². The monoisotopic (exact) mass is 815 g/mol. The summed E-state index contributed by atoms with van der Waals surface area (Å²) in [5.41, 5.74) is 11.2. The van der Waals surface area contributed by atoms with Gasteiger partial charge in [-0.2, -0.15) is 5.10 Å². The van der Waals surface area contributed by atoms with Crippen LogP contribution < -0.4 is 16.0 Å². The van der Waals surface area contributed by atoms with Gasteiger partial charge in [-0.3, -0.25) is 19.6 Å². The molecule has 3 aromatic heterocycles. The third-order valence-corrected chi connectivity index (χ3v) is 14.5. The van der Waals surface area contributed by atoms with E-state index in [9.17, 15) is 19.5 Å². The molecule has 4 N–H and O–H groups in total. The molecule has 4 fully saturated rings. The predicted molar refractivity (Wildman–Crippen MR) is 229 cm³/mol. The molecule has 4 aliphatic carbocycles. The molecule has 59 heavy (non-hydrogen) atoms. The molecule has 2 aromatic carbocycles. The van der Waals surface area contributed by atoms with Gasteiger partial charge >= 0.3 is 5.97 Å². The number of primary amides is 1. The van der Waals surface area contributed by atoms with Gasteiger partial charge in [0.05, 0.1) is 22.0 Å². The topological polar surface area (TPSA) is 166 Å². The van der Waals surface area contributed by atoms with Crippen molar-refractivity contribution in [1.82, 2.24) is 19.7 Å². The highest BCUT2D eigenvalue weighted by Gasteiger charge is 2.66. The highest BCUT2D eigenvalue weighted by Crippen LogP contribution is 2.72. The fourth-order valence-corrected chi connectivity index (χ4v) is 13.2. The lowest BCUT2D eigenvalue weighted by Gasteiger charge is -2.69. The Morgan fingerprint density at radius 1 is 0.966 bits per heavy atom. The normalized spacial score (nSPS) is 26.2. The van der Waals surface area contributed by atoms with Crippen molar-refractivity contribution < 1.29 is 24.2 Å². The Hall–Kier alpha value is -5.14. The van der Waals surface area contributed by atoms with Crippen LogP contribution in [0.2, 0.25) is 0 Å². The number of nitrogens with zero attached hydrogens (tertiary/aromatic N) is 5. The summed E-state index contributed by atoms with van der Waals surface area (Å²) in [5, 5.41) is 19.0. The Labute approximate surface area is 348 Å². The van der Waals surface area contributed by atoms with Gasteiger partial charge in [0, 0.05) is 55.0 Å². The summed E-state index contributed by atoms with van der Waals surface area (Å²) in [6.07, 6.45) is 10.1. The van der Waals surface area contributed by atoms with Crippen LogP contribution in [0.1, 0.15) is 110 Å². The molecule has 4 heterocycles. The maximum Gasteiger partial charge on any atom is 0.355 e. The average molecular weight is 816 g/mol. The van der Waals surface area contributed by atoms with E-state index in [0.29, 0.717) is 54.6 Å². The number of carboxylic acid groups (broad SMARTS) is 1. The smallest absolute Gasteiger partial charge is 0.355 e. The number of carboxylic acids is 1. The lowest BCUT2D eigenvalue weighted by molar-refractivity contribution is -0.249. The number of hydrogen-bond acceptors (Lipinski definition) is 9. The number of carbonyl (C=O) groups is 3. The Balaban J connectivity index is 0.941. The maximum absolute atomic E-state index is 13.6. The number of hydrogen-bond donors (Lipinski definition) is 3. The lowest BCUT2D eigenvalue weighted by Crippen LogP contribution is -2.64. The quantitative estimate of drug-likeness (QED) is 0.106. The summed E-state index contributed by atoms with van der Waals surface area (Å²) in [6.45, 7) is 11.4. The molecule has 3 unspecified atom stereocenters. The Morgan fingerprint density at radius 3 is 2.49 bits per heavy atom. The fraction of sp³-hybridized carbons (Fsp3) is 0.478. The second-order valence-corrected chi connectivity index (χ2v) is 20.0. The van der Waals surface area contributed by atoms with Crippen molar-refractivity contribution in [3.8, 4) is 11.1 Å². The summed E-state index contributed by atoms with van der Waals surface area (Å²) < 4.78 is 9.97. The molecule has 0 spiro atoms. The molecule has 13 heteroatoms. The maximum atomic E-state index is 13.6. The Morgan fingerprint density at radius 2 is 1.75 bits per heavy atom. The zero-order valence-electron chi connectivity index (χ0n) is 34.3. The number of nitrogens with two attached hydrogens (primary N) is 1. The van der Waals surface area contributed by atoms with Crippen LogP contribution in [0, 0.1) is 29.1 Å². The molecule has 4 bridgehead atoms. The van der Waals surface area contributed by atoms with E-state index in [1.165, 1.54) is 17.8 Å². The van der Waals surface area contributed by atoms with Crippen molar-refractivity contribution in [2.24, 2.45) is 27.9 Å². The second-order valence-electron chi connectivity index (χ2n) is 19.0. The standard InChI is InChI=1S/C46H53N7O5S/c1-28(18-37(47)54)15-17-58-46-24-43(3)21-44(4,25-46)23-45(22-43,26-46)27-53-29(2)33(19-48-53)31-12-13-38(50-39(31)41(56)57)52-16-14-30-8-7-9-32(34(30)20-52)40(55)51-42-49-35-10-5-6-11-36(35)59-42/h5-13,19,28H,14-18,20-27H2,1-4H3,(H2,47,54)(H,56,57)(H,49,51,55). The molecule has 5 aliphatic rings. The molecule has 2 amide bonds. The molecule has 4 saturated carbocycles. The summed E-state index contributed by atoms with van der Waals surface area (Å²) in [4.78, 5) is 49.5. The van der Waals surface area contributed by atoms with E-state index in [0.717, 1.165) is 77.7 Å². The molecule has 5 aromatic rings. The van der Waals surface area contributed by atoms with Crippen LogP contribution in [0.3, 0.4) is 0 Å². The van der Waals surface area contributed by atoms with Gasteiger partial charge in [-0.25, -0.2) is 14.8 Å². The number of pyridine rings is 1. The van der Waals surface area contributed by atoms with Crippen molar-refractivity contribution in [3.63, 3.8) is 0 Å². The van der Waals surface area contributed by atoms with Crippen LogP contribution in [-0.2, 0) is 29.0 Å². The summed E-state index contributed by atoms with van der Waals surface area (Å²) >= 11 is 1.44. The second kappa shape index (κ2) is 14.5. The number of nitrogens with one attached hydrogen (secondary N) is 1. The zero-order chi connectivity index (χ0) is 41.3. The highest BCUT2D eigenvalue weighted by atomic mass is 32.1. The molecule has 0 saturated heterocycles. The van der Waals surface area contributed by atoms with Crippen LogP contribution in [0.25, 0.3) is 21.3 Å². The summed E-state index contributed by atoms with van der Waals surface area (Å²) in [6, 6.07) is 17.3. The third kappa shape index (κ3) is 7.52. The SMILES string of the molecule is Cc1c(-c2ccc(N3CCc4cccc(C(=O)Nc5nc6ccccc6s5)c4C3)nc2C(=O)O)cnn1CC12CC3(C)CC(C)(C1)CC(OCCC(C)CC(N)=O)(C3)C2. The van der Waals surface area contributed by atoms with E-state index >= 15 is 0 Å². The number of rotatable bonds is 13. The molecular formula is C46H53N7O5S.